The molecule has 0 aromatic heterocycles. The van der Waals surface area contributed by atoms with Crippen molar-refractivity contribution < 1.29 is 38.4 Å². The highest BCUT2D eigenvalue weighted by atomic mass is 16.7. The quantitative estimate of drug-likeness (QED) is 0.559. The Labute approximate surface area is 135 Å². The summed E-state index contributed by atoms with van der Waals surface area (Å²) in [5.41, 5.74) is 0. The highest BCUT2D eigenvalue weighted by molar-refractivity contribution is 5.71. The van der Waals surface area contributed by atoms with Gasteiger partial charge in [0, 0.05) is 19.3 Å². The van der Waals surface area contributed by atoms with Gasteiger partial charge in [-0.1, -0.05) is 20.8 Å². The van der Waals surface area contributed by atoms with Crippen LogP contribution >= 0.6 is 0 Å². The van der Waals surface area contributed by atoms with Gasteiger partial charge in [-0.2, -0.15) is 0 Å². The molecule has 0 spiro atoms. The Morgan fingerprint density at radius 1 is 0.826 bits per heavy atom. The van der Waals surface area contributed by atoms with Gasteiger partial charge in [0.25, 0.3) is 0 Å². The summed E-state index contributed by atoms with van der Waals surface area (Å²) in [6, 6.07) is 0. The molecule has 1 rings (SSSR count). The van der Waals surface area contributed by atoms with Crippen molar-refractivity contribution >= 4 is 17.9 Å². The topological polar surface area (TPSA) is 108 Å². The van der Waals surface area contributed by atoms with E-state index in [4.69, 9.17) is 18.9 Å². The molecule has 8 nitrogen and oxygen atoms in total. The average molecular weight is 332 g/mol. The second-order valence-electron chi connectivity index (χ2n) is 5.16. The second kappa shape index (κ2) is 8.83. The Morgan fingerprint density at radius 3 is 1.65 bits per heavy atom. The molecule has 1 N–H and O–H groups in total. The van der Waals surface area contributed by atoms with E-state index in [1.165, 1.54) is 0 Å². The molecule has 23 heavy (non-hydrogen) atoms. The summed E-state index contributed by atoms with van der Waals surface area (Å²) < 4.78 is 20.9. The maximum Gasteiger partial charge on any atom is 0.306 e. The molecule has 132 valence electrons. The summed E-state index contributed by atoms with van der Waals surface area (Å²) in [5, 5.41) is 10.0. The van der Waals surface area contributed by atoms with Gasteiger partial charge in [0.15, 0.2) is 24.6 Å². The van der Waals surface area contributed by atoms with E-state index in [9.17, 15) is 19.5 Å². The third-order valence-corrected chi connectivity index (χ3v) is 3.41. The number of aliphatic hydroxyl groups is 1. The van der Waals surface area contributed by atoms with Crippen LogP contribution in [0, 0.1) is 0 Å². The molecular formula is C15H24O8. The van der Waals surface area contributed by atoms with Crippen LogP contribution in [0.1, 0.15) is 47.0 Å². The molecular weight excluding hydrogens is 308 g/mol. The predicted octanol–water partition coefficient (Wildman–Crippen LogP) is 0.689. The summed E-state index contributed by atoms with van der Waals surface area (Å²) >= 11 is 0. The first-order valence-electron chi connectivity index (χ1n) is 7.75. The Balaban J connectivity index is 3.04. The highest BCUT2D eigenvalue weighted by Crippen LogP contribution is 2.28. The van der Waals surface area contributed by atoms with Crippen molar-refractivity contribution in [2.75, 3.05) is 0 Å². The molecule has 0 unspecified atom stereocenters. The number of ether oxygens (including phenoxy) is 4. The van der Waals surface area contributed by atoms with Gasteiger partial charge in [-0.25, -0.2) is 0 Å². The van der Waals surface area contributed by atoms with Gasteiger partial charge in [0.2, 0.25) is 0 Å². The number of esters is 3. The van der Waals surface area contributed by atoms with Gasteiger partial charge in [0.1, 0.15) is 0 Å². The maximum atomic E-state index is 11.7. The zero-order valence-corrected chi connectivity index (χ0v) is 13.8. The number of aliphatic hydroxyl groups excluding tert-OH is 1. The molecule has 0 radical (unpaired) electrons. The van der Waals surface area contributed by atoms with Gasteiger partial charge in [-0.05, 0) is 6.92 Å². The van der Waals surface area contributed by atoms with Crippen molar-refractivity contribution in [1.82, 2.24) is 0 Å². The molecule has 0 aromatic carbocycles. The molecule has 0 bridgehead atoms. The lowest BCUT2D eigenvalue weighted by Gasteiger charge is -2.42. The molecule has 8 heteroatoms. The number of hydrogen-bond donors (Lipinski definition) is 1. The monoisotopic (exact) mass is 332 g/mol. The first-order chi connectivity index (χ1) is 10.8. The fourth-order valence-corrected chi connectivity index (χ4v) is 2.12. The van der Waals surface area contributed by atoms with E-state index < -0.39 is 48.6 Å². The average Bonchev–Trinajstić information content (AvgIpc) is 2.53. The van der Waals surface area contributed by atoms with Crippen molar-refractivity contribution in [2.45, 2.75) is 77.7 Å². The fraction of sp³-hybridized carbons (Fsp3) is 0.800. The van der Waals surface area contributed by atoms with Gasteiger partial charge in [0.05, 0.1) is 6.10 Å². The third-order valence-electron chi connectivity index (χ3n) is 3.41. The van der Waals surface area contributed by atoms with E-state index in [0.717, 1.165) is 0 Å². The minimum atomic E-state index is -1.48. The largest absolute Gasteiger partial charge is 0.455 e. The van der Waals surface area contributed by atoms with E-state index in [1.807, 2.05) is 0 Å². The van der Waals surface area contributed by atoms with Crippen LogP contribution in [0.4, 0.5) is 0 Å². The molecule has 5 atom stereocenters. The predicted molar refractivity (Wildman–Crippen MR) is 77.1 cm³/mol. The van der Waals surface area contributed by atoms with Crippen LogP contribution in [-0.4, -0.2) is 53.7 Å². The molecule has 0 aromatic rings. The molecule has 1 aliphatic heterocycles. The Bertz CT molecular complexity index is 405. The van der Waals surface area contributed by atoms with Crippen molar-refractivity contribution in [3.8, 4) is 0 Å². The van der Waals surface area contributed by atoms with Crippen molar-refractivity contribution in [2.24, 2.45) is 0 Å². The number of carbonyl (C=O) groups excluding carboxylic acids is 3. The van der Waals surface area contributed by atoms with E-state index >= 15 is 0 Å². The first-order valence-corrected chi connectivity index (χ1v) is 7.75. The summed E-state index contributed by atoms with van der Waals surface area (Å²) in [6.45, 7) is 6.37. The smallest absolute Gasteiger partial charge is 0.306 e. The lowest BCUT2D eigenvalue weighted by molar-refractivity contribution is -0.289. The molecule has 1 heterocycles. The van der Waals surface area contributed by atoms with Crippen molar-refractivity contribution in [1.29, 1.82) is 0 Å². The van der Waals surface area contributed by atoms with Crippen LogP contribution in [0.25, 0.3) is 0 Å². The lowest BCUT2D eigenvalue weighted by atomic mass is 9.99. The standard InChI is InChI=1S/C15H24O8/c1-5-9(16)21-12-8(4)20-15(19)14(23-11(18)7-3)13(12)22-10(17)6-2/h8,12-15,19H,5-7H2,1-4H3/t8-,12+,13+,14-,15+/m0/s1. The lowest BCUT2D eigenvalue weighted by Crippen LogP contribution is -2.60. The van der Waals surface area contributed by atoms with Crippen LogP contribution in [-0.2, 0) is 33.3 Å². The SMILES string of the molecule is CCC(=O)O[C@@H]1[C@H](OC(=O)CC)[C@H](C)O[C@@H](O)[C@H]1OC(=O)CC. The highest BCUT2D eigenvalue weighted by Gasteiger charge is 2.50. The normalized spacial score (nSPS) is 30.4. The molecule has 1 saturated heterocycles. The molecule has 1 fully saturated rings. The number of hydrogen-bond acceptors (Lipinski definition) is 8. The van der Waals surface area contributed by atoms with Crippen molar-refractivity contribution in [3.63, 3.8) is 0 Å². The van der Waals surface area contributed by atoms with Gasteiger partial charge in [-0.15, -0.1) is 0 Å². The first kappa shape index (κ1) is 19.4. The minimum absolute atomic E-state index is 0.0760. The fourth-order valence-electron chi connectivity index (χ4n) is 2.12. The van der Waals surface area contributed by atoms with Crippen molar-refractivity contribution in [3.05, 3.63) is 0 Å². The van der Waals surface area contributed by atoms with Crippen LogP contribution in [0.2, 0.25) is 0 Å². The molecule has 0 saturated carbocycles. The van der Waals surface area contributed by atoms with Crippen LogP contribution in [0.5, 0.6) is 0 Å². The molecule has 0 amide bonds. The number of rotatable bonds is 6. The van der Waals surface area contributed by atoms with Gasteiger partial charge < -0.3 is 24.1 Å². The summed E-state index contributed by atoms with van der Waals surface area (Å²) in [4.78, 5) is 34.8. The van der Waals surface area contributed by atoms with Gasteiger partial charge >= 0.3 is 17.9 Å². The maximum absolute atomic E-state index is 11.7. The zero-order valence-electron chi connectivity index (χ0n) is 13.8. The molecule has 1 aliphatic rings. The Hall–Kier alpha value is -1.67. The van der Waals surface area contributed by atoms with Crippen LogP contribution in [0.3, 0.4) is 0 Å². The van der Waals surface area contributed by atoms with Crippen LogP contribution in [0.15, 0.2) is 0 Å². The zero-order chi connectivity index (χ0) is 17.6. The van der Waals surface area contributed by atoms with E-state index in [2.05, 4.69) is 0 Å². The van der Waals surface area contributed by atoms with Crippen LogP contribution < -0.4 is 0 Å². The van der Waals surface area contributed by atoms with E-state index in [-0.39, 0.29) is 19.3 Å². The summed E-state index contributed by atoms with van der Waals surface area (Å²) in [6.07, 6.45) is -5.29. The second-order valence-corrected chi connectivity index (χ2v) is 5.16. The van der Waals surface area contributed by atoms with E-state index in [0.29, 0.717) is 0 Å². The Morgan fingerprint density at radius 2 is 1.22 bits per heavy atom. The number of carbonyl (C=O) groups is 3. The van der Waals surface area contributed by atoms with Gasteiger partial charge in [-0.3, -0.25) is 14.4 Å². The summed E-state index contributed by atoms with van der Waals surface area (Å²) in [7, 11) is 0. The minimum Gasteiger partial charge on any atom is -0.455 e. The third kappa shape index (κ3) is 5.18. The summed E-state index contributed by atoms with van der Waals surface area (Å²) in [5.74, 6) is -1.67. The Kier molecular flexibility index (Phi) is 7.44. The van der Waals surface area contributed by atoms with E-state index in [1.54, 1.807) is 27.7 Å². The molecule has 0 aliphatic carbocycles.